The normalized spacial score (nSPS) is 12.2. The highest BCUT2D eigenvalue weighted by Gasteiger charge is 2.20. The Kier molecular flexibility index (Phi) is 4.61. The summed E-state index contributed by atoms with van der Waals surface area (Å²) in [7, 11) is 0. The Balaban J connectivity index is 1.36. The van der Waals surface area contributed by atoms with Gasteiger partial charge in [-0.15, -0.1) is 16.4 Å². The number of anilines is 1. The summed E-state index contributed by atoms with van der Waals surface area (Å²) in [4.78, 5) is 17.2. The predicted molar refractivity (Wildman–Crippen MR) is 113 cm³/mol. The van der Waals surface area contributed by atoms with Gasteiger partial charge < -0.3 is 9.47 Å². The van der Waals surface area contributed by atoms with Gasteiger partial charge in [0.1, 0.15) is 0 Å². The molecule has 8 nitrogen and oxygen atoms in total. The SMILES string of the molecule is Cc1c(C(=O)Nc2nc(-c3ccc4c(c3)OCO4)cs2)nnn1-c1ccccc1Cl. The Morgan fingerprint density at radius 3 is 2.90 bits per heavy atom. The lowest BCUT2D eigenvalue weighted by atomic mass is 10.1. The first-order valence-electron chi connectivity index (χ1n) is 8.94. The zero-order chi connectivity index (χ0) is 20.7. The highest BCUT2D eigenvalue weighted by molar-refractivity contribution is 7.14. The Morgan fingerprint density at radius 2 is 2.03 bits per heavy atom. The number of carbonyl (C=O) groups is 1. The number of nitrogens with one attached hydrogen (secondary N) is 1. The summed E-state index contributed by atoms with van der Waals surface area (Å²) in [5.74, 6) is 0.995. The average Bonchev–Trinajstić information content (AvgIpc) is 3.47. The molecule has 0 aliphatic carbocycles. The van der Waals surface area contributed by atoms with E-state index in [1.165, 1.54) is 16.0 Å². The molecule has 0 spiro atoms. The molecule has 4 aromatic rings. The van der Waals surface area contributed by atoms with Gasteiger partial charge >= 0.3 is 0 Å². The minimum absolute atomic E-state index is 0.203. The van der Waals surface area contributed by atoms with Crippen LogP contribution in [0.4, 0.5) is 5.13 Å². The maximum atomic E-state index is 12.7. The number of nitrogens with zero attached hydrogens (tertiary/aromatic N) is 4. The molecule has 1 N–H and O–H groups in total. The number of para-hydroxylation sites is 1. The lowest BCUT2D eigenvalue weighted by Gasteiger charge is -2.05. The molecule has 3 heterocycles. The van der Waals surface area contributed by atoms with Crippen molar-refractivity contribution in [3.8, 4) is 28.4 Å². The van der Waals surface area contributed by atoms with Crippen LogP contribution in [-0.4, -0.2) is 32.7 Å². The zero-order valence-corrected chi connectivity index (χ0v) is 17.2. The number of amides is 1. The van der Waals surface area contributed by atoms with Gasteiger partial charge in [0.2, 0.25) is 6.79 Å². The number of hydrogen-bond donors (Lipinski definition) is 1. The van der Waals surface area contributed by atoms with E-state index in [0.29, 0.717) is 33.0 Å². The zero-order valence-electron chi connectivity index (χ0n) is 15.6. The first-order chi connectivity index (χ1) is 14.6. The van der Waals surface area contributed by atoms with E-state index in [-0.39, 0.29) is 12.5 Å². The molecular weight excluding hydrogens is 426 g/mol. The van der Waals surface area contributed by atoms with Crippen LogP contribution < -0.4 is 14.8 Å². The van der Waals surface area contributed by atoms with E-state index in [1.807, 2.05) is 41.8 Å². The first-order valence-corrected chi connectivity index (χ1v) is 10.2. The number of hydrogen-bond acceptors (Lipinski definition) is 7. The largest absolute Gasteiger partial charge is 0.454 e. The standard InChI is InChI=1S/C20H14ClN5O3S/c1-11-18(24-25-26(11)15-5-3-2-4-13(15)21)19(27)23-20-22-14(9-30-20)12-6-7-16-17(8-12)29-10-28-16/h2-9H,10H2,1H3,(H,22,23,27). The second-order valence-electron chi connectivity index (χ2n) is 6.45. The van der Waals surface area contributed by atoms with E-state index in [4.69, 9.17) is 21.1 Å². The van der Waals surface area contributed by atoms with E-state index in [0.717, 1.165) is 11.3 Å². The Hall–Kier alpha value is -3.43. The van der Waals surface area contributed by atoms with Gasteiger partial charge in [0.25, 0.3) is 5.91 Å². The number of ether oxygens (including phenoxy) is 2. The Labute approximate surface area is 180 Å². The summed E-state index contributed by atoms with van der Waals surface area (Å²) < 4.78 is 12.3. The fraction of sp³-hybridized carbons (Fsp3) is 0.100. The highest BCUT2D eigenvalue weighted by Crippen LogP contribution is 2.36. The van der Waals surface area contributed by atoms with E-state index >= 15 is 0 Å². The first kappa shape index (κ1) is 18.6. The lowest BCUT2D eigenvalue weighted by molar-refractivity contribution is 0.102. The number of benzene rings is 2. The third kappa shape index (κ3) is 3.27. The summed E-state index contributed by atoms with van der Waals surface area (Å²) in [5, 5.41) is 13.7. The summed E-state index contributed by atoms with van der Waals surface area (Å²) in [6, 6.07) is 12.8. The third-order valence-corrected chi connectivity index (χ3v) is 5.66. The monoisotopic (exact) mass is 439 g/mol. The van der Waals surface area contributed by atoms with Crippen LogP contribution in [0.3, 0.4) is 0 Å². The van der Waals surface area contributed by atoms with Crippen molar-refractivity contribution in [1.82, 2.24) is 20.0 Å². The summed E-state index contributed by atoms with van der Waals surface area (Å²) in [5.41, 5.74) is 3.03. The number of thiazole rings is 1. The maximum absolute atomic E-state index is 12.7. The smallest absolute Gasteiger partial charge is 0.279 e. The van der Waals surface area contributed by atoms with Crippen molar-refractivity contribution in [2.45, 2.75) is 6.92 Å². The molecule has 10 heteroatoms. The minimum Gasteiger partial charge on any atom is -0.454 e. The van der Waals surface area contributed by atoms with Gasteiger partial charge in [-0.3, -0.25) is 10.1 Å². The van der Waals surface area contributed by atoms with Crippen LogP contribution in [0.25, 0.3) is 16.9 Å². The molecular formula is C20H14ClN5O3S. The molecule has 0 saturated carbocycles. The third-order valence-electron chi connectivity index (χ3n) is 4.58. The predicted octanol–water partition coefficient (Wildman–Crippen LogP) is 4.33. The van der Waals surface area contributed by atoms with Crippen molar-refractivity contribution in [3.63, 3.8) is 0 Å². The molecule has 0 atom stereocenters. The van der Waals surface area contributed by atoms with Gasteiger partial charge in [-0.2, -0.15) is 0 Å². The van der Waals surface area contributed by atoms with Crippen LogP contribution in [0.15, 0.2) is 47.8 Å². The van der Waals surface area contributed by atoms with Gasteiger partial charge in [-0.25, -0.2) is 9.67 Å². The summed E-state index contributed by atoms with van der Waals surface area (Å²) in [6.45, 7) is 1.98. The Morgan fingerprint density at radius 1 is 1.20 bits per heavy atom. The van der Waals surface area contributed by atoms with E-state index in [1.54, 1.807) is 13.0 Å². The molecule has 0 fully saturated rings. The summed E-state index contributed by atoms with van der Waals surface area (Å²) in [6.07, 6.45) is 0. The van der Waals surface area contributed by atoms with Crippen LogP contribution in [0.5, 0.6) is 11.5 Å². The molecule has 1 amide bonds. The number of halogens is 1. The van der Waals surface area contributed by atoms with Crippen LogP contribution in [-0.2, 0) is 0 Å². The quantitative estimate of drug-likeness (QED) is 0.508. The molecule has 150 valence electrons. The van der Waals surface area contributed by atoms with Crippen LogP contribution in [0, 0.1) is 6.92 Å². The van der Waals surface area contributed by atoms with Crippen molar-refractivity contribution < 1.29 is 14.3 Å². The van der Waals surface area contributed by atoms with Crippen LogP contribution >= 0.6 is 22.9 Å². The van der Waals surface area contributed by atoms with Crippen LogP contribution in [0.2, 0.25) is 5.02 Å². The molecule has 2 aromatic carbocycles. The number of fused-ring (bicyclic) bond motifs is 1. The van der Waals surface area contributed by atoms with E-state index < -0.39 is 5.91 Å². The molecule has 2 aromatic heterocycles. The van der Waals surface area contributed by atoms with Crippen molar-refractivity contribution in [1.29, 1.82) is 0 Å². The molecule has 0 radical (unpaired) electrons. The number of aromatic nitrogens is 4. The fourth-order valence-electron chi connectivity index (χ4n) is 3.07. The maximum Gasteiger partial charge on any atom is 0.279 e. The minimum atomic E-state index is -0.391. The molecule has 0 unspecified atom stereocenters. The van der Waals surface area contributed by atoms with E-state index in [2.05, 4.69) is 20.6 Å². The topological polar surface area (TPSA) is 91.2 Å². The molecule has 1 aliphatic heterocycles. The lowest BCUT2D eigenvalue weighted by Crippen LogP contribution is -2.14. The van der Waals surface area contributed by atoms with Crippen molar-refractivity contribution in [2.75, 3.05) is 12.1 Å². The highest BCUT2D eigenvalue weighted by atomic mass is 35.5. The summed E-state index contributed by atoms with van der Waals surface area (Å²) >= 11 is 7.55. The Bertz CT molecular complexity index is 1270. The van der Waals surface area contributed by atoms with Crippen molar-refractivity contribution >= 4 is 34.0 Å². The molecule has 30 heavy (non-hydrogen) atoms. The van der Waals surface area contributed by atoms with Gasteiger partial charge in [0.05, 0.1) is 22.1 Å². The van der Waals surface area contributed by atoms with Gasteiger partial charge in [0, 0.05) is 10.9 Å². The fourth-order valence-corrected chi connectivity index (χ4v) is 4.00. The van der Waals surface area contributed by atoms with Crippen molar-refractivity contribution in [3.05, 3.63) is 64.3 Å². The van der Waals surface area contributed by atoms with Crippen molar-refractivity contribution in [2.24, 2.45) is 0 Å². The molecule has 0 bridgehead atoms. The number of rotatable bonds is 4. The van der Waals surface area contributed by atoms with Crippen LogP contribution in [0.1, 0.15) is 16.2 Å². The average molecular weight is 440 g/mol. The second-order valence-corrected chi connectivity index (χ2v) is 7.71. The number of carbonyl (C=O) groups excluding carboxylic acids is 1. The van der Waals surface area contributed by atoms with E-state index in [9.17, 15) is 4.79 Å². The molecule has 1 aliphatic rings. The van der Waals surface area contributed by atoms with Gasteiger partial charge in [0.15, 0.2) is 22.3 Å². The molecule has 0 saturated heterocycles. The molecule has 5 rings (SSSR count). The van der Waals surface area contributed by atoms with Gasteiger partial charge in [-0.05, 0) is 37.3 Å². The van der Waals surface area contributed by atoms with Gasteiger partial charge in [-0.1, -0.05) is 28.9 Å². The second kappa shape index (κ2) is 7.43.